The third-order valence-corrected chi connectivity index (χ3v) is 6.26. The van der Waals surface area contributed by atoms with E-state index < -0.39 is 5.25 Å². The van der Waals surface area contributed by atoms with Crippen LogP contribution in [0.3, 0.4) is 0 Å². The summed E-state index contributed by atoms with van der Waals surface area (Å²) in [7, 11) is 1.79. The molecule has 31 heavy (non-hydrogen) atoms. The Kier molecular flexibility index (Phi) is 7.02. The molecule has 2 amide bonds. The molecule has 0 radical (unpaired) electrons. The van der Waals surface area contributed by atoms with Crippen molar-refractivity contribution in [3.63, 3.8) is 0 Å². The fourth-order valence-corrected chi connectivity index (χ4v) is 4.27. The van der Waals surface area contributed by atoms with Crippen LogP contribution in [-0.4, -0.2) is 26.4 Å². The minimum Gasteiger partial charge on any atom is -0.326 e. The van der Waals surface area contributed by atoms with Gasteiger partial charge in [0, 0.05) is 24.6 Å². The molecule has 8 heteroatoms. The molecule has 0 aliphatic heterocycles. The predicted octanol–water partition coefficient (Wildman–Crippen LogP) is 3.95. The van der Waals surface area contributed by atoms with E-state index in [1.54, 1.807) is 24.7 Å². The number of hydrogen-bond acceptors (Lipinski definition) is 4. The summed E-state index contributed by atoms with van der Waals surface area (Å²) in [6.45, 7) is 5.18. The lowest BCUT2D eigenvalue weighted by Crippen LogP contribution is -2.28. The lowest BCUT2D eigenvalue weighted by molar-refractivity contribution is -0.116. The maximum Gasteiger partial charge on any atom is 0.295 e. The van der Waals surface area contributed by atoms with Gasteiger partial charge in [-0.2, -0.15) is 0 Å². The van der Waals surface area contributed by atoms with Crippen molar-refractivity contribution < 1.29 is 9.59 Å². The van der Waals surface area contributed by atoms with E-state index in [1.807, 2.05) is 55.5 Å². The first-order chi connectivity index (χ1) is 14.8. The lowest BCUT2D eigenvalue weighted by Gasteiger charge is -2.15. The largest absolute Gasteiger partial charge is 0.326 e. The van der Waals surface area contributed by atoms with Crippen molar-refractivity contribution in [3.8, 4) is 5.69 Å². The highest BCUT2D eigenvalue weighted by atomic mass is 32.2. The fraction of sp³-hybridized carbons (Fsp3) is 0.261. The fourth-order valence-electron chi connectivity index (χ4n) is 3.25. The van der Waals surface area contributed by atoms with E-state index >= 15 is 0 Å². The molecule has 0 aliphatic carbocycles. The SMILES string of the molecule is CCC(Sc1cccc(NC(C)=O)c1)C(=O)Nc1c(C)n(C)n(-c2ccccc2)c1=O. The van der Waals surface area contributed by atoms with Crippen LogP contribution in [0.4, 0.5) is 11.4 Å². The summed E-state index contributed by atoms with van der Waals surface area (Å²) in [6.07, 6.45) is 0.583. The Hall–Kier alpha value is -3.26. The van der Waals surface area contributed by atoms with E-state index in [1.165, 1.54) is 23.4 Å². The molecule has 3 aromatic rings. The van der Waals surface area contributed by atoms with Crippen LogP contribution in [0.2, 0.25) is 0 Å². The molecule has 0 spiro atoms. The second kappa shape index (κ2) is 9.70. The maximum absolute atomic E-state index is 13.0. The van der Waals surface area contributed by atoms with Gasteiger partial charge in [0.2, 0.25) is 11.8 Å². The average Bonchev–Trinajstić information content (AvgIpc) is 2.95. The highest BCUT2D eigenvalue weighted by molar-refractivity contribution is 8.00. The second-order valence-electron chi connectivity index (χ2n) is 7.15. The predicted molar refractivity (Wildman–Crippen MR) is 125 cm³/mol. The number of hydrogen-bond donors (Lipinski definition) is 2. The van der Waals surface area contributed by atoms with Crippen LogP contribution < -0.4 is 16.2 Å². The first-order valence-electron chi connectivity index (χ1n) is 10.0. The van der Waals surface area contributed by atoms with Gasteiger partial charge in [-0.15, -0.1) is 11.8 Å². The number of aromatic nitrogens is 2. The van der Waals surface area contributed by atoms with E-state index in [0.29, 0.717) is 17.8 Å². The van der Waals surface area contributed by atoms with E-state index in [9.17, 15) is 14.4 Å². The molecule has 1 atom stereocenters. The van der Waals surface area contributed by atoms with Crippen molar-refractivity contribution in [1.82, 2.24) is 9.36 Å². The average molecular weight is 439 g/mol. The second-order valence-corrected chi connectivity index (χ2v) is 8.43. The minimum absolute atomic E-state index is 0.152. The summed E-state index contributed by atoms with van der Waals surface area (Å²) in [5, 5.41) is 5.20. The van der Waals surface area contributed by atoms with Gasteiger partial charge in [0.1, 0.15) is 5.69 Å². The Morgan fingerprint density at radius 3 is 2.42 bits per heavy atom. The summed E-state index contributed by atoms with van der Waals surface area (Å²) in [5.74, 6) is -0.385. The van der Waals surface area contributed by atoms with Crippen molar-refractivity contribution in [3.05, 3.63) is 70.6 Å². The van der Waals surface area contributed by atoms with Crippen LogP contribution in [0.5, 0.6) is 0 Å². The van der Waals surface area contributed by atoms with Gasteiger partial charge < -0.3 is 10.6 Å². The van der Waals surface area contributed by atoms with Gasteiger partial charge in [0.25, 0.3) is 5.56 Å². The molecule has 0 bridgehead atoms. The molecule has 162 valence electrons. The van der Waals surface area contributed by atoms with Crippen molar-refractivity contribution in [2.45, 2.75) is 37.3 Å². The Morgan fingerprint density at radius 1 is 1.06 bits per heavy atom. The topological polar surface area (TPSA) is 85.1 Å². The molecule has 2 aromatic carbocycles. The van der Waals surface area contributed by atoms with Crippen LogP contribution >= 0.6 is 11.8 Å². The van der Waals surface area contributed by atoms with Gasteiger partial charge in [-0.1, -0.05) is 31.2 Å². The van der Waals surface area contributed by atoms with Gasteiger partial charge in [0.05, 0.1) is 16.6 Å². The summed E-state index contributed by atoms with van der Waals surface area (Å²) < 4.78 is 3.27. The maximum atomic E-state index is 13.0. The van der Waals surface area contributed by atoms with E-state index in [4.69, 9.17) is 0 Å². The third-order valence-electron chi connectivity index (χ3n) is 4.90. The monoisotopic (exact) mass is 438 g/mol. The molecule has 1 aromatic heterocycles. The zero-order chi connectivity index (χ0) is 22.5. The molecular weight excluding hydrogens is 412 g/mol. The van der Waals surface area contributed by atoms with Gasteiger partial charge in [-0.25, -0.2) is 4.68 Å². The van der Waals surface area contributed by atoms with Crippen LogP contribution in [0.15, 0.2) is 64.3 Å². The smallest absolute Gasteiger partial charge is 0.295 e. The van der Waals surface area contributed by atoms with E-state index in [2.05, 4.69) is 10.6 Å². The zero-order valence-electron chi connectivity index (χ0n) is 18.0. The highest BCUT2D eigenvalue weighted by Gasteiger charge is 2.23. The summed E-state index contributed by atoms with van der Waals surface area (Å²) >= 11 is 1.40. The number of benzene rings is 2. The van der Waals surface area contributed by atoms with Crippen LogP contribution in [0, 0.1) is 6.92 Å². The molecule has 2 N–H and O–H groups in total. The molecule has 0 aliphatic rings. The summed E-state index contributed by atoms with van der Waals surface area (Å²) in [4.78, 5) is 38.2. The Bertz CT molecular complexity index is 1150. The van der Waals surface area contributed by atoms with Crippen molar-refractivity contribution in [1.29, 1.82) is 0 Å². The van der Waals surface area contributed by atoms with Gasteiger partial charge in [0.15, 0.2) is 0 Å². The first-order valence-corrected chi connectivity index (χ1v) is 10.9. The number of para-hydroxylation sites is 1. The molecule has 0 fully saturated rings. The zero-order valence-corrected chi connectivity index (χ0v) is 18.8. The Labute approximate surface area is 185 Å². The normalized spacial score (nSPS) is 11.7. The number of nitrogens with one attached hydrogen (secondary N) is 2. The van der Waals surface area contributed by atoms with Crippen molar-refractivity contribution in [2.24, 2.45) is 7.05 Å². The van der Waals surface area contributed by atoms with E-state index in [-0.39, 0.29) is 23.1 Å². The molecular formula is C23H26N4O3S. The quantitative estimate of drug-likeness (QED) is 0.547. The van der Waals surface area contributed by atoms with Crippen molar-refractivity contribution >= 4 is 35.0 Å². The minimum atomic E-state index is -0.392. The molecule has 0 saturated heterocycles. The number of anilines is 2. The lowest BCUT2D eigenvalue weighted by atomic mass is 10.3. The molecule has 7 nitrogen and oxygen atoms in total. The third kappa shape index (κ3) is 5.08. The number of thioether (sulfide) groups is 1. The number of amides is 2. The Morgan fingerprint density at radius 2 is 1.77 bits per heavy atom. The molecule has 1 unspecified atom stereocenters. The van der Waals surface area contributed by atoms with Crippen LogP contribution in [0.25, 0.3) is 5.69 Å². The van der Waals surface area contributed by atoms with Crippen LogP contribution in [-0.2, 0) is 16.6 Å². The number of nitrogens with zero attached hydrogens (tertiary/aromatic N) is 2. The summed E-state index contributed by atoms with van der Waals surface area (Å²) in [6, 6.07) is 16.7. The standard InChI is InChI=1S/C23H26N4O3S/c1-5-20(31-19-13-9-10-17(14-19)24-16(3)28)22(29)25-21-15(2)26(4)27(23(21)30)18-11-7-6-8-12-18/h6-14,20H,5H2,1-4H3,(H,24,28)(H,25,29). The number of rotatable bonds is 7. The first kappa shape index (κ1) is 22.4. The number of carbonyl (C=O) groups excluding carboxylic acids is 2. The van der Waals surface area contributed by atoms with Gasteiger partial charge in [-0.05, 0) is 43.7 Å². The van der Waals surface area contributed by atoms with Crippen LogP contribution in [0.1, 0.15) is 26.0 Å². The van der Waals surface area contributed by atoms with Gasteiger partial charge >= 0.3 is 0 Å². The summed E-state index contributed by atoms with van der Waals surface area (Å²) in [5.41, 5.74) is 2.09. The van der Waals surface area contributed by atoms with Crippen molar-refractivity contribution in [2.75, 3.05) is 10.6 Å². The van der Waals surface area contributed by atoms with Gasteiger partial charge in [-0.3, -0.25) is 19.1 Å². The van der Waals surface area contributed by atoms with E-state index in [0.717, 1.165) is 10.6 Å². The number of carbonyl (C=O) groups is 2. The highest BCUT2D eigenvalue weighted by Crippen LogP contribution is 2.28. The Balaban J connectivity index is 1.82. The molecule has 0 saturated carbocycles. The molecule has 3 rings (SSSR count). The molecule has 1 heterocycles.